The summed E-state index contributed by atoms with van der Waals surface area (Å²) in [7, 11) is 0. The van der Waals surface area contributed by atoms with Crippen LogP contribution in [0.4, 0.5) is 11.5 Å². The highest BCUT2D eigenvalue weighted by Gasteiger charge is 2.33. The molecule has 33 heavy (non-hydrogen) atoms. The van der Waals surface area contributed by atoms with Gasteiger partial charge in [0.25, 0.3) is 5.91 Å². The van der Waals surface area contributed by atoms with Crippen molar-refractivity contribution in [2.24, 2.45) is 11.8 Å². The molecule has 5 rings (SSSR count). The van der Waals surface area contributed by atoms with Crippen molar-refractivity contribution in [1.29, 1.82) is 0 Å². The number of carbonyl (C=O) groups is 2. The maximum absolute atomic E-state index is 12.5. The molecule has 2 aliphatic heterocycles. The predicted molar refractivity (Wildman–Crippen MR) is 127 cm³/mol. The van der Waals surface area contributed by atoms with Crippen molar-refractivity contribution in [2.75, 3.05) is 36.4 Å². The smallest absolute Gasteiger partial charge is 0.265 e. The third kappa shape index (κ3) is 5.03. The molecule has 1 aromatic carbocycles. The second-order valence-electron chi connectivity index (χ2n) is 8.68. The maximum atomic E-state index is 12.5. The quantitative estimate of drug-likeness (QED) is 0.605. The van der Waals surface area contributed by atoms with E-state index in [4.69, 9.17) is 0 Å². The number of anilines is 2. The third-order valence-electron chi connectivity index (χ3n) is 6.43. The highest BCUT2D eigenvalue weighted by atomic mass is 32.1. The lowest BCUT2D eigenvalue weighted by Crippen LogP contribution is -2.52. The van der Waals surface area contributed by atoms with Crippen LogP contribution in [0.25, 0.3) is 0 Å². The molecule has 0 aliphatic carbocycles. The van der Waals surface area contributed by atoms with E-state index in [9.17, 15) is 9.59 Å². The highest BCUT2D eigenvalue weighted by Crippen LogP contribution is 2.25. The van der Waals surface area contributed by atoms with E-state index in [1.807, 2.05) is 29.2 Å². The molecule has 2 amide bonds. The zero-order valence-electron chi connectivity index (χ0n) is 18.3. The summed E-state index contributed by atoms with van der Waals surface area (Å²) >= 11 is 1.40. The second-order valence-corrected chi connectivity index (χ2v) is 9.56. The van der Waals surface area contributed by atoms with Crippen molar-refractivity contribution in [3.63, 3.8) is 0 Å². The first-order valence-electron chi connectivity index (χ1n) is 11.3. The second kappa shape index (κ2) is 9.66. The number of likely N-dealkylation sites (tertiary alicyclic amines) is 1. The number of rotatable bonds is 6. The fraction of sp³-hybridized carbons (Fsp3) is 0.375. The topological polar surface area (TPSA) is 91.3 Å². The summed E-state index contributed by atoms with van der Waals surface area (Å²) in [5.74, 6) is 1.48. The first-order chi connectivity index (χ1) is 16.2. The molecule has 0 radical (unpaired) electrons. The van der Waals surface area contributed by atoms with Crippen LogP contribution in [0.1, 0.15) is 28.1 Å². The van der Waals surface area contributed by atoms with Crippen LogP contribution in [0.15, 0.2) is 54.3 Å². The lowest BCUT2D eigenvalue weighted by atomic mass is 9.90. The Morgan fingerprint density at radius 1 is 1.09 bits per heavy atom. The first-order valence-corrected chi connectivity index (χ1v) is 12.1. The van der Waals surface area contributed by atoms with Gasteiger partial charge < -0.3 is 15.1 Å². The fourth-order valence-corrected chi connectivity index (χ4v) is 5.00. The number of piperidine rings is 1. The van der Waals surface area contributed by atoms with Crippen LogP contribution < -0.4 is 10.2 Å². The van der Waals surface area contributed by atoms with E-state index in [1.165, 1.54) is 16.9 Å². The minimum Gasteiger partial charge on any atom is -0.353 e. The molecule has 3 aromatic rings. The SMILES string of the molecule is O=C(Nc1ccc(CC2CCN(C(=O)c3cncs3)CC2)cc1)C1CN(c2cccnn2)C1. The minimum atomic E-state index is -0.0375. The number of nitrogens with zero attached hydrogens (tertiary/aromatic N) is 5. The summed E-state index contributed by atoms with van der Waals surface area (Å²) in [6, 6.07) is 11.9. The van der Waals surface area contributed by atoms with Gasteiger partial charge in [-0.05, 0) is 55.0 Å². The van der Waals surface area contributed by atoms with Gasteiger partial charge in [0.05, 0.1) is 17.6 Å². The molecule has 2 saturated heterocycles. The van der Waals surface area contributed by atoms with E-state index in [0.29, 0.717) is 19.0 Å². The zero-order chi connectivity index (χ0) is 22.6. The molecule has 9 heteroatoms. The predicted octanol–water partition coefficient (Wildman–Crippen LogP) is 3.10. The molecular formula is C24H26N6O2S. The van der Waals surface area contributed by atoms with Gasteiger partial charge in [0.1, 0.15) is 4.88 Å². The van der Waals surface area contributed by atoms with E-state index in [0.717, 1.165) is 48.7 Å². The molecule has 0 spiro atoms. The van der Waals surface area contributed by atoms with Gasteiger partial charge in [-0.1, -0.05) is 12.1 Å². The lowest BCUT2D eigenvalue weighted by Gasteiger charge is -2.38. The largest absolute Gasteiger partial charge is 0.353 e. The van der Waals surface area contributed by atoms with E-state index >= 15 is 0 Å². The molecule has 0 atom stereocenters. The Morgan fingerprint density at radius 3 is 2.55 bits per heavy atom. The Morgan fingerprint density at radius 2 is 1.88 bits per heavy atom. The lowest BCUT2D eigenvalue weighted by molar-refractivity contribution is -0.120. The summed E-state index contributed by atoms with van der Waals surface area (Å²) in [6.45, 7) is 2.91. The van der Waals surface area contributed by atoms with Gasteiger partial charge in [0.2, 0.25) is 5.91 Å². The standard InChI is InChI=1S/C24H26N6O2S/c31-23(19-14-30(15-19)22-2-1-9-26-28-22)27-20-5-3-17(4-6-20)12-18-7-10-29(11-8-18)24(32)21-13-25-16-33-21/h1-6,9,13,16,18-19H,7-8,10-12,14-15H2,(H,27,31). The van der Waals surface area contributed by atoms with E-state index in [-0.39, 0.29) is 17.7 Å². The number of benzene rings is 1. The van der Waals surface area contributed by atoms with Gasteiger partial charge in [-0.3, -0.25) is 14.6 Å². The molecule has 170 valence electrons. The van der Waals surface area contributed by atoms with Crippen LogP contribution in [0, 0.1) is 11.8 Å². The fourth-order valence-electron chi connectivity index (χ4n) is 4.41. The van der Waals surface area contributed by atoms with Crippen LogP contribution in [0.3, 0.4) is 0 Å². The number of nitrogens with one attached hydrogen (secondary N) is 1. The molecule has 1 N–H and O–H groups in total. The van der Waals surface area contributed by atoms with Crippen molar-refractivity contribution in [1.82, 2.24) is 20.1 Å². The van der Waals surface area contributed by atoms with Crippen LogP contribution in [0.5, 0.6) is 0 Å². The average Bonchev–Trinajstić information content (AvgIpc) is 3.35. The molecule has 0 unspecified atom stereocenters. The number of aromatic nitrogens is 3. The van der Waals surface area contributed by atoms with Gasteiger partial charge in [-0.2, -0.15) is 5.10 Å². The summed E-state index contributed by atoms with van der Waals surface area (Å²) in [6.07, 6.45) is 6.30. The Bertz CT molecular complexity index is 1080. The first kappa shape index (κ1) is 21.5. The summed E-state index contributed by atoms with van der Waals surface area (Å²) < 4.78 is 0. The van der Waals surface area contributed by atoms with Crippen molar-refractivity contribution in [2.45, 2.75) is 19.3 Å². The number of hydrogen-bond donors (Lipinski definition) is 1. The zero-order valence-corrected chi connectivity index (χ0v) is 19.1. The van der Waals surface area contributed by atoms with Crippen molar-refractivity contribution in [3.8, 4) is 0 Å². The molecule has 2 aromatic heterocycles. The van der Waals surface area contributed by atoms with Gasteiger partial charge in [-0.15, -0.1) is 16.4 Å². The van der Waals surface area contributed by atoms with Gasteiger partial charge in [0.15, 0.2) is 5.82 Å². The summed E-state index contributed by atoms with van der Waals surface area (Å²) in [4.78, 5) is 33.7. The Hall–Kier alpha value is -3.33. The molecule has 2 aliphatic rings. The van der Waals surface area contributed by atoms with Gasteiger partial charge in [0, 0.05) is 38.1 Å². The number of amides is 2. The Balaban J connectivity index is 1.06. The van der Waals surface area contributed by atoms with Crippen molar-refractivity contribution in [3.05, 3.63) is 64.7 Å². The van der Waals surface area contributed by atoms with Crippen molar-refractivity contribution >= 4 is 34.7 Å². The normalized spacial score (nSPS) is 17.0. The Labute approximate surface area is 196 Å². The maximum Gasteiger partial charge on any atom is 0.265 e. The van der Waals surface area contributed by atoms with Crippen LogP contribution >= 0.6 is 11.3 Å². The number of thiazole rings is 1. The summed E-state index contributed by atoms with van der Waals surface area (Å²) in [5, 5.41) is 11.0. The summed E-state index contributed by atoms with van der Waals surface area (Å²) in [5.41, 5.74) is 3.79. The number of carbonyl (C=O) groups excluding carboxylic acids is 2. The molecule has 0 saturated carbocycles. The number of hydrogen-bond acceptors (Lipinski definition) is 7. The highest BCUT2D eigenvalue weighted by molar-refractivity contribution is 7.11. The monoisotopic (exact) mass is 462 g/mol. The Kier molecular flexibility index (Phi) is 6.30. The van der Waals surface area contributed by atoms with Crippen LogP contribution in [-0.4, -0.2) is 58.1 Å². The van der Waals surface area contributed by atoms with E-state index in [1.54, 1.807) is 17.9 Å². The van der Waals surface area contributed by atoms with Gasteiger partial charge >= 0.3 is 0 Å². The minimum absolute atomic E-state index is 0.0375. The average molecular weight is 463 g/mol. The molecule has 8 nitrogen and oxygen atoms in total. The van der Waals surface area contributed by atoms with Crippen LogP contribution in [0.2, 0.25) is 0 Å². The van der Waals surface area contributed by atoms with E-state index < -0.39 is 0 Å². The molecule has 2 fully saturated rings. The third-order valence-corrected chi connectivity index (χ3v) is 7.19. The molecule has 4 heterocycles. The van der Waals surface area contributed by atoms with E-state index in [2.05, 4.69) is 37.5 Å². The van der Waals surface area contributed by atoms with Gasteiger partial charge in [-0.25, -0.2) is 0 Å². The molecular weight excluding hydrogens is 436 g/mol. The van der Waals surface area contributed by atoms with Crippen molar-refractivity contribution < 1.29 is 9.59 Å². The van der Waals surface area contributed by atoms with Crippen LogP contribution in [-0.2, 0) is 11.2 Å². The molecule has 0 bridgehead atoms.